The van der Waals surface area contributed by atoms with Crippen LogP contribution in [0.4, 0.5) is 5.69 Å². The molecule has 150 valence electrons. The molecule has 1 aliphatic carbocycles. The number of rotatable bonds is 3. The van der Waals surface area contributed by atoms with Crippen LogP contribution >= 0.6 is 11.6 Å². The molecular formula is C24H24ClNO3. The van der Waals surface area contributed by atoms with Gasteiger partial charge in [-0.25, -0.2) is 0 Å². The molecule has 1 heterocycles. The van der Waals surface area contributed by atoms with E-state index < -0.39 is 0 Å². The van der Waals surface area contributed by atoms with Crippen LogP contribution in [0.3, 0.4) is 0 Å². The first-order chi connectivity index (χ1) is 13.8. The maximum atomic E-state index is 13.3. The number of anilines is 1. The largest absolute Gasteiger partial charge is 0.497 e. The number of allylic oxidation sites excluding steroid dienone is 2. The Morgan fingerprint density at radius 3 is 2.38 bits per heavy atom. The highest BCUT2D eigenvalue weighted by Gasteiger charge is 2.44. The van der Waals surface area contributed by atoms with E-state index in [4.69, 9.17) is 16.3 Å². The van der Waals surface area contributed by atoms with E-state index in [0.717, 1.165) is 28.3 Å². The summed E-state index contributed by atoms with van der Waals surface area (Å²) in [4.78, 5) is 28.3. The molecule has 0 saturated carbocycles. The summed E-state index contributed by atoms with van der Waals surface area (Å²) in [6.07, 6.45) is 1.35. The number of nitrogens with zero attached hydrogens (tertiary/aromatic N) is 1. The number of methoxy groups -OCH3 is 1. The first-order valence-electron chi connectivity index (χ1n) is 9.78. The fourth-order valence-electron chi connectivity index (χ4n) is 4.47. The molecule has 1 atom stereocenters. The van der Waals surface area contributed by atoms with Gasteiger partial charge in [-0.1, -0.05) is 43.6 Å². The Hall–Kier alpha value is -2.59. The van der Waals surface area contributed by atoms with Gasteiger partial charge >= 0.3 is 0 Å². The SMILES string of the molecule is COc1ccc(N2C(=O)CC(c3ccccc3Cl)C3=C2CC(C)(C)CC3=O)cc1. The van der Waals surface area contributed by atoms with E-state index in [1.165, 1.54) is 0 Å². The molecule has 4 rings (SSSR count). The van der Waals surface area contributed by atoms with Crippen molar-refractivity contribution >= 4 is 29.0 Å². The lowest BCUT2D eigenvalue weighted by Gasteiger charge is -2.43. The molecule has 0 N–H and O–H groups in total. The third-order valence-electron chi connectivity index (χ3n) is 5.75. The standard InChI is InChI=1S/C24H24ClNO3/c1-24(2)13-20-23(21(27)14-24)18(17-6-4-5-7-19(17)25)12-22(28)26(20)15-8-10-16(29-3)11-9-15/h4-11,18H,12-14H2,1-3H3. The number of hydrogen-bond donors (Lipinski definition) is 0. The number of amides is 1. The van der Waals surface area contributed by atoms with Crippen molar-refractivity contribution < 1.29 is 14.3 Å². The smallest absolute Gasteiger partial charge is 0.232 e. The summed E-state index contributed by atoms with van der Waals surface area (Å²) in [5, 5.41) is 0.590. The second-order valence-electron chi connectivity index (χ2n) is 8.51. The van der Waals surface area contributed by atoms with Crippen molar-refractivity contribution in [3.63, 3.8) is 0 Å². The number of carbonyl (C=O) groups is 2. The van der Waals surface area contributed by atoms with Gasteiger partial charge in [-0.2, -0.15) is 0 Å². The minimum atomic E-state index is -0.302. The van der Waals surface area contributed by atoms with Gasteiger partial charge in [-0.15, -0.1) is 0 Å². The number of ether oxygens (including phenoxy) is 1. The second-order valence-corrected chi connectivity index (χ2v) is 8.91. The maximum Gasteiger partial charge on any atom is 0.232 e. The van der Waals surface area contributed by atoms with Crippen LogP contribution < -0.4 is 9.64 Å². The Labute approximate surface area is 176 Å². The molecule has 0 aromatic heterocycles. The van der Waals surface area contributed by atoms with Crippen molar-refractivity contribution in [1.82, 2.24) is 0 Å². The van der Waals surface area contributed by atoms with Crippen LogP contribution in [0.15, 0.2) is 59.8 Å². The summed E-state index contributed by atoms with van der Waals surface area (Å²) in [6.45, 7) is 4.15. The van der Waals surface area contributed by atoms with Crippen LogP contribution in [0.5, 0.6) is 5.75 Å². The monoisotopic (exact) mass is 409 g/mol. The summed E-state index contributed by atoms with van der Waals surface area (Å²) in [7, 11) is 1.61. The predicted octanol–water partition coefficient (Wildman–Crippen LogP) is 5.51. The van der Waals surface area contributed by atoms with Gasteiger partial charge in [0.2, 0.25) is 5.91 Å². The van der Waals surface area contributed by atoms with Crippen molar-refractivity contribution in [2.75, 3.05) is 12.0 Å². The molecule has 0 saturated heterocycles. The number of carbonyl (C=O) groups excluding carboxylic acids is 2. The predicted molar refractivity (Wildman–Crippen MR) is 114 cm³/mol. The number of halogens is 1. The van der Waals surface area contributed by atoms with Crippen molar-refractivity contribution in [2.24, 2.45) is 5.41 Å². The molecule has 1 unspecified atom stereocenters. The van der Waals surface area contributed by atoms with Gasteiger partial charge in [0.1, 0.15) is 5.75 Å². The van der Waals surface area contributed by atoms with Crippen molar-refractivity contribution in [3.8, 4) is 5.75 Å². The van der Waals surface area contributed by atoms with Crippen LogP contribution in [0.25, 0.3) is 0 Å². The zero-order valence-corrected chi connectivity index (χ0v) is 17.6. The normalized spacial score (nSPS) is 21.2. The van der Waals surface area contributed by atoms with Gasteiger partial charge in [0.25, 0.3) is 0 Å². The van der Waals surface area contributed by atoms with Gasteiger partial charge in [0.15, 0.2) is 5.78 Å². The molecule has 0 radical (unpaired) electrons. The topological polar surface area (TPSA) is 46.6 Å². The Morgan fingerprint density at radius 2 is 1.72 bits per heavy atom. The molecule has 0 spiro atoms. The highest BCUT2D eigenvalue weighted by Crippen LogP contribution is 2.49. The maximum absolute atomic E-state index is 13.3. The molecule has 29 heavy (non-hydrogen) atoms. The van der Waals surface area contributed by atoms with E-state index in [1.807, 2.05) is 48.5 Å². The van der Waals surface area contributed by atoms with Crippen molar-refractivity contribution in [2.45, 2.75) is 39.0 Å². The van der Waals surface area contributed by atoms with Crippen molar-refractivity contribution in [1.29, 1.82) is 0 Å². The summed E-state index contributed by atoms with van der Waals surface area (Å²) in [6, 6.07) is 14.9. The highest BCUT2D eigenvalue weighted by atomic mass is 35.5. The fraction of sp³-hybridized carbons (Fsp3) is 0.333. The first-order valence-corrected chi connectivity index (χ1v) is 10.2. The van der Waals surface area contributed by atoms with E-state index in [0.29, 0.717) is 17.9 Å². The molecule has 0 bridgehead atoms. The third-order valence-corrected chi connectivity index (χ3v) is 6.10. The van der Waals surface area contributed by atoms with Gasteiger partial charge in [-0.05, 0) is 47.7 Å². The third kappa shape index (κ3) is 3.58. The molecule has 2 aliphatic rings. The van der Waals surface area contributed by atoms with Crippen LogP contribution in [0, 0.1) is 5.41 Å². The lowest BCUT2D eigenvalue weighted by molar-refractivity contribution is -0.121. The molecule has 4 nitrogen and oxygen atoms in total. The van der Waals surface area contributed by atoms with Crippen LogP contribution in [0.1, 0.15) is 44.6 Å². The van der Waals surface area contributed by atoms with E-state index in [9.17, 15) is 9.59 Å². The first kappa shape index (κ1) is 19.7. The quantitative estimate of drug-likeness (QED) is 0.671. The van der Waals surface area contributed by atoms with Gasteiger partial charge in [-0.3, -0.25) is 14.5 Å². The van der Waals surface area contributed by atoms with Crippen LogP contribution in [0.2, 0.25) is 5.02 Å². The summed E-state index contributed by atoms with van der Waals surface area (Å²) in [5.41, 5.74) is 2.93. The molecule has 1 aliphatic heterocycles. The number of Topliss-reactive ketones (excluding diaryl/α,β-unsaturated/α-hetero) is 1. The zero-order chi connectivity index (χ0) is 20.8. The molecule has 5 heteroatoms. The van der Waals surface area contributed by atoms with E-state index >= 15 is 0 Å². The minimum Gasteiger partial charge on any atom is -0.497 e. The molecule has 0 fully saturated rings. The number of hydrogen-bond acceptors (Lipinski definition) is 3. The Kier molecular flexibility index (Phi) is 4.99. The van der Waals surface area contributed by atoms with Gasteiger partial charge in [0.05, 0.1) is 7.11 Å². The van der Waals surface area contributed by atoms with Gasteiger partial charge < -0.3 is 4.74 Å². The number of ketones is 1. The molecule has 2 aromatic rings. The molecular weight excluding hydrogens is 386 g/mol. The fourth-order valence-corrected chi connectivity index (χ4v) is 4.74. The average molecular weight is 410 g/mol. The highest BCUT2D eigenvalue weighted by molar-refractivity contribution is 6.31. The average Bonchev–Trinajstić information content (AvgIpc) is 2.67. The summed E-state index contributed by atoms with van der Waals surface area (Å²) in [5.74, 6) is 0.502. The second kappa shape index (κ2) is 7.34. The van der Waals surface area contributed by atoms with Crippen LogP contribution in [-0.2, 0) is 9.59 Å². The Bertz CT molecular complexity index is 1010. The molecule has 1 amide bonds. The van der Waals surface area contributed by atoms with E-state index in [1.54, 1.807) is 12.0 Å². The van der Waals surface area contributed by atoms with E-state index in [-0.39, 0.29) is 29.4 Å². The summed E-state index contributed by atoms with van der Waals surface area (Å²) >= 11 is 6.45. The Morgan fingerprint density at radius 1 is 1.03 bits per heavy atom. The molecule has 2 aromatic carbocycles. The Balaban J connectivity index is 1.89. The lowest BCUT2D eigenvalue weighted by Crippen LogP contribution is -2.43. The summed E-state index contributed by atoms with van der Waals surface area (Å²) < 4.78 is 5.24. The number of benzene rings is 2. The van der Waals surface area contributed by atoms with Gasteiger partial charge in [0, 0.05) is 40.7 Å². The van der Waals surface area contributed by atoms with Crippen LogP contribution in [-0.4, -0.2) is 18.8 Å². The van der Waals surface area contributed by atoms with Crippen molar-refractivity contribution in [3.05, 3.63) is 70.4 Å². The lowest BCUT2D eigenvalue weighted by atomic mass is 9.69. The van der Waals surface area contributed by atoms with E-state index in [2.05, 4.69) is 13.8 Å². The minimum absolute atomic E-state index is 0.0238. The zero-order valence-electron chi connectivity index (χ0n) is 16.9.